The molecule has 2 aliphatic rings. The maximum absolute atomic E-state index is 12.8. The molecule has 1 aliphatic carbocycles. The number of thiophene rings is 1. The predicted octanol–water partition coefficient (Wildman–Crippen LogP) is 6.44. The Labute approximate surface area is 211 Å². The first-order chi connectivity index (χ1) is 16.0. The monoisotopic (exact) mass is 510 g/mol. The van der Waals surface area contributed by atoms with Crippen LogP contribution in [0, 0.1) is 0 Å². The molecule has 1 saturated carbocycles. The Bertz CT molecular complexity index is 1440. The lowest BCUT2D eigenvalue weighted by Crippen LogP contribution is -2.11. The number of hydrogen-bond donors (Lipinski definition) is 3. The molecule has 2 aromatic heterocycles. The van der Waals surface area contributed by atoms with Gasteiger partial charge in [0.05, 0.1) is 27.8 Å². The van der Waals surface area contributed by atoms with Gasteiger partial charge in [0.15, 0.2) is 0 Å². The molecular formula is C26H20Cl2N2O3S. The summed E-state index contributed by atoms with van der Waals surface area (Å²) in [6.07, 6.45) is 3.70. The van der Waals surface area contributed by atoms with Crippen molar-refractivity contribution >= 4 is 68.5 Å². The molecular weight excluding hydrogens is 491 g/mol. The van der Waals surface area contributed by atoms with E-state index in [2.05, 4.69) is 10.3 Å². The van der Waals surface area contributed by atoms with Crippen LogP contribution in [0.1, 0.15) is 28.8 Å². The molecule has 34 heavy (non-hydrogen) atoms. The lowest BCUT2D eigenvalue weighted by molar-refractivity contribution is -0.110. The second-order valence-electron chi connectivity index (χ2n) is 8.58. The van der Waals surface area contributed by atoms with Gasteiger partial charge >= 0.3 is 0 Å². The third kappa shape index (κ3) is 3.58. The first kappa shape index (κ1) is 22.9. The van der Waals surface area contributed by atoms with Crippen molar-refractivity contribution in [3.63, 3.8) is 0 Å². The molecule has 4 aromatic rings. The first-order valence-electron chi connectivity index (χ1n) is 10.6. The summed E-state index contributed by atoms with van der Waals surface area (Å²) in [6.45, 7) is 0.153. The number of aromatic nitrogens is 1. The summed E-state index contributed by atoms with van der Waals surface area (Å²) in [7, 11) is 0. The molecule has 1 aliphatic heterocycles. The topological polar surface area (TPSA) is 82.5 Å². The molecule has 1 amide bonds. The minimum absolute atomic E-state index is 0. The van der Waals surface area contributed by atoms with Gasteiger partial charge in [-0.15, -0.1) is 23.7 Å². The summed E-state index contributed by atoms with van der Waals surface area (Å²) < 4.78 is 0. The molecule has 0 spiro atoms. The summed E-state index contributed by atoms with van der Waals surface area (Å²) in [5.74, 6) is -0.438. The van der Waals surface area contributed by atoms with Gasteiger partial charge < -0.3 is 15.5 Å². The van der Waals surface area contributed by atoms with Crippen LogP contribution in [0.3, 0.4) is 0 Å². The van der Waals surface area contributed by atoms with Crippen molar-refractivity contribution in [2.75, 3.05) is 11.9 Å². The van der Waals surface area contributed by atoms with E-state index in [1.54, 1.807) is 12.3 Å². The average Bonchev–Trinajstić information content (AvgIpc) is 3.40. The number of carbonyl (C=O) groups is 1. The van der Waals surface area contributed by atoms with Gasteiger partial charge in [0, 0.05) is 28.1 Å². The van der Waals surface area contributed by atoms with E-state index in [0.717, 1.165) is 39.7 Å². The molecule has 0 unspecified atom stereocenters. The van der Waals surface area contributed by atoms with Crippen molar-refractivity contribution in [2.45, 2.75) is 18.3 Å². The summed E-state index contributed by atoms with van der Waals surface area (Å²) in [5, 5.41) is 25.0. The van der Waals surface area contributed by atoms with E-state index >= 15 is 0 Å². The number of carbonyl (C=O) groups excluding carboxylic acids is 1. The molecule has 5 nitrogen and oxygen atoms in total. The SMILES string of the molecule is Cl.O=C1Nc2cc(Cl)c(-c3ccc(C4(CO)CC4)cc3)cc2C1=C(O)c1cc2cccnc2s1. The molecule has 172 valence electrons. The Balaban J connectivity index is 0.00000241. The van der Waals surface area contributed by atoms with E-state index in [0.29, 0.717) is 21.2 Å². The van der Waals surface area contributed by atoms with Crippen LogP contribution in [-0.4, -0.2) is 27.7 Å². The molecule has 0 saturated heterocycles. The minimum Gasteiger partial charge on any atom is -0.506 e. The van der Waals surface area contributed by atoms with E-state index in [1.807, 2.05) is 48.5 Å². The van der Waals surface area contributed by atoms with Gasteiger partial charge in [-0.2, -0.15) is 0 Å². The van der Waals surface area contributed by atoms with Gasteiger partial charge in [0.25, 0.3) is 5.91 Å². The highest BCUT2D eigenvalue weighted by Gasteiger charge is 2.43. The number of benzene rings is 2. The molecule has 3 N–H and O–H groups in total. The molecule has 0 atom stereocenters. The van der Waals surface area contributed by atoms with Crippen molar-refractivity contribution in [1.29, 1.82) is 0 Å². The van der Waals surface area contributed by atoms with E-state index in [1.165, 1.54) is 11.3 Å². The normalized spacial score (nSPS) is 17.2. The van der Waals surface area contributed by atoms with Crippen LogP contribution in [0.2, 0.25) is 5.02 Å². The van der Waals surface area contributed by atoms with Gasteiger partial charge in [-0.3, -0.25) is 4.79 Å². The van der Waals surface area contributed by atoms with Crippen molar-refractivity contribution in [3.8, 4) is 11.1 Å². The Morgan fingerprint density at radius 1 is 1.12 bits per heavy atom. The van der Waals surface area contributed by atoms with E-state index in [9.17, 15) is 15.0 Å². The largest absolute Gasteiger partial charge is 0.506 e. The molecule has 0 radical (unpaired) electrons. The molecule has 2 aromatic carbocycles. The zero-order valence-electron chi connectivity index (χ0n) is 17.8. The van der Waals surface area contributed by atoms with Crippen LogP contribution in [0.25, 0.3) is 32.7 Å². The van der Waals surface area contributed by atoms with Crippen LogP contribution in [0.15, 0.2) is 60.8 Å². The first-order valence-corrected chi connectivity index (χ1v) is 11.8. The zero-order chi connectivity index (χ0) is 22.7. The summed E-state index contributed by atoms with van der Waals surface area (Å²) in [4.78, 5) is 18.5. The van der Waals surface area contributed by atoms with Crippen molar-refractivity contribution < 1.29 is 15.0 Å². The maximum Gasteiger partial charge on any atom is 0.260 e. The fourth-order valence-electron chi connectivity index (χ4n) is 4.45. The molecule has 3 heterocycles. The number of halogens is 2. The number of nitrogens with one attached hydrogen (secondary N) is 1. The third-order valence-electron chi connectivity index (χ3n) is 6.58. The Hall–Kier alpha value is -2.90. The second kappa shape index (κ2) is 8.40. The van der Waals surface area contributed by atoms with E-state index in [4.69, 9.17) is 11.6 Å². The Morgan fingerprint density at radius 2 is 1.88 bits per heavy atom. The van der Waals surface area contributed by atoms with Crippen LogP contribution in [-0.2, 0) is 10.2 Å². The zero-order valence-corrected chi connectivity index (χ0v) is 20.2. The minimum atomic E-state index is -0.366. The van der Waals surface area contributed by atoms with Crippen LogP contribution in [0.4, 0.5) is 5.69 Å². The maximum atomic E-state index is 12.8. The lowest BCUT2D eigenvalue weighted by Gasteiger charge is -2.14. The number of hydrogen-bond acceptors (Lipinski definition) is 5. The molecule has 8 heteroatoms. The highest BCUT2D eigenvalue weighted by molar-refractivity contribution is 7.19. The number of anilines is 1. The number of pyridine rings is 1. The van der Waals surface area contributed by atoms with Crippen molar-refractivity contribution in [2.24, 2.45) is 0 Å². The van der Waals surface area contributed by atoms with Crippen LogP contribution >= 0.6 is 35.3 Å². The Morgan fingerprint density at radius 3 is 2.56 bits per heavy atom. The number of amides is 1. The third-order valence-corrected chi connectivity index (χ3v) is 7.96. The standard InChI is InChI=1S/C26H19ClN2O3S.ClH/c27-19-12-20-18(11-17(19)14-3-5-16(6-4-14)26(13-30)7-8-26)22(24(32)29-20)23(31)21-10-15-2-1-9-28-25(15)33-21;/h1-6,9-12,30-31H,7-8,13H2,(H,29,32);1H. The number of nitrogens with zero attached hydrogens (tertiary/aromatic N) is 1. The summed E-state index contributed by atoms with van der Waals surface area (Å²) in [5.41, 5.74) is 4.11. The van der Waals surface area contributed by atoms with Gasteiger partial charge in [0.2, 0.25) is 0 Å². The molecule has 6 rings (SSSR count). The summed E-state index contributed by atoms with van der Waals surface area (Å²) >= 11 is 7.92. The van der Waals surface area contributed by atoms with Crippen molar-refractivity contribution in [3.05, 3.63) is 81.8 Å². The molecule has 0 bridgehead atoms. The van der Waals surface area contributed by atoms with E-state index < -0.39 is 0 Å². The van der Waals surface area contributed by atoms with Gasteiger partial charge in [0.1, 0.15) is 10.6 Å². The summed E-state index contributed by atoms with van der Waals surface area (Å²) in [6, 6.07) is 17.2. The Kier molecular flexibility index (Phi) is 5.65. The highest BCUT2D eigenvalue weighted by Crippen LogP contribution is 2.48. The predicted molar refractivity (Wildman–Crippen MR) is 140 cm³/mol. The van der Waals surface area contributed by atoms with E-state index in [-0.39, 0.29) is 41.7 Å². The fourth-order valence-corrected chi connectivity index (χ4v) is 5.68. The highest BCUT2D eigenvalue weighted by atomic mass is 35.5. The van der Waals surface area contributed by atoms with Crippen molar-refractivity contribution in [1.82, 2.24) is 4.98 Å². The average molecular weight is 511 g/mol. The van der Waals surface area contributed by atoms with Crippen LogP contribution < -0.4 is 5.32 Å². The quantitative estimate of drug-likeness (QED) is 0.218. The number of aliphatic hydroxyl groups excluding tert-OH is 2. The van der Waals surface area contributed by atoms with Gasteiger partial charge in [-0.05, 0) is 48.2 Å². The smallest absolute Gasteiger partial charge is 0.260 e. The van der Waals surface area contributed by atoms with Gasteiger partial charge in [-0.25, -0.2) is 4.98 Å². The fraction of sp³-hybridized carbons (Fsp3) is 0.154. The number of fused-ring (bicyclic) bond motifs is 2. The number of rotatable bonds is 4. The lowest BCUT2D eigenvalue weighted by atomic mass is 9.93. The number of aliphatic hydroxyl groups is 2. The van der Waals surface area contributed by atoms with Crippen LogP contribution in [0.5, 0.6) is 0 Å². The second-order valence-corrected chi connectivity index (χ2v) is 10.0. The van der Waals surface area contributed by atoms with Gasteiger partial charge in [-0.1, -0.05) is 41.9 Å². The molecule has 1 fully saturated rings.